The van der Waals surface area contributed by atoms with Gasteiger partial charge in [0.2, 0.25) is 0 Å². The Bertz CT molecular complexity index is 541. The Hall–Kier alpha value is -1.63. The first-order chi connectivity index (χ1) is 7.96. The van der Waals surface area contributed by atoms with Gasteiger partial charge in [0.15, 0.2) is 22.2 Å². The zero-order valence-corrected chi connectivity index (χ0v) is 9.81. The standard InChI is InChI=1S/C10H12N2O4S/c13-10(8-2-1-4-12(14)6-8)11-9-3-5-17(15,16)7-9/h1-2,4,6,9H,3,5,7H2,(H,11,13). The van der Waals surface area contributed by atoms with Crippen LogP contribution in [-0.4, -0.2) is 31.9 Å². The van der Waals surface area contributed by atoms with Gasteiger partial charge in [-0.15, -0.1) is 0 Å². The molecule has 1 saturated heterocycles. The minimum Gasteiger partial charge on any atom is -0.619 e. The van der Waals surface area contributed by atoms with Gasteiger partial charge in [-0.05, 0) is 12.5 Å². The second kappa shape index (κ2) is 4.33. The minimum atomic E-state index is -3.01. The van der Waals surface area contributed by atoms with E-state index in [-0.39, 0.29) is 23.1 Å². The average molecular weight is 256 g/mol. The Balaban J connectivity index is 2.03. The van der Waals surface area contributed by atoms with Gasteiger partial charge in [-0.3, -0.25) is 4.79 Å². The van der Waals surface area contributed by atoms with E-state index in [4.69, 9.17) is 0 Å². The molecule has 1 aliphatic rings. The molecule has 7 heteroatoms. The molecule has 1 unspecified atom stereocenters. The summed E-state index contributed by atoms with van der Waals surface area (Å²) >= 11 is 0. The summed E-state index contributed by atoms with van der Waals surface area (Å²) in [6.45, 7) is 0. The zero-order valence-electron chi connectivity index (χ0n) is 9.00. The molecule has 6 nitrogen and oxygen atoms in total. The van der Waals surface area contributed by atoms with Crippen LogP contribution in [0.2, 0.25) is 0 Å². The van der Waals surface area contributed by atoms with Crippen molar-refractivity contribution < 1.29 is 17.9 Å². The van der Waals surface area contributed by atoms with Crippen LogP contribution in [0.1, 0.15) is 16.8 Å². The van der Waals surface area contributed by atoms with E-state index < -0.39 is 15.7 Å². The Morgan fingerprint density at radius 1 is 1.53 bits per heavy atom. The molecule has 1 atom stereocenters. The Kier molecular flexibility index (Phi) is 3.01. The summed E-state index contributed by atoms with van der Waals surface area (Å²) in [6, 6.07) is 2.62. The van der Waals surface area contributed by atoms with Crippen molar-refractivity contribution in [2.75, 3.05) is 11.5 Å². The van der Waals surface area contributed by atoms with Gasteiger partial charge in [0, 0.05) is 12.1 Å². The van der Waals surface area contributed by atoms with Crippen molar-refractivity contribution >= 4 is 15.7 Å². The number of sulfone groups is 1. The first-order valence-electron chi connectivity index (χ1n) is 5.16. The highest BCUT2D eigenvalue weighted by Gasteiger charge is 2.29. The number of pyridine rings is 1. The molecule has 17 heavy (non-hydrogen) atoms. The van der Waals surface area contributed by atoms with Gasteiger partial charge in [-0.25, -0.2) is 8.42 Å². The second-order valence-corrected chi connectivity index (χ2v) is 6.25. The molecule has 0 aromatic carbocycles. The summed E-state index contributed by atoms with van der Waals surface area (Å²) in [6.07, 6.45) is 2.86. The molecule has 0 radical (unpaired) electrons. The second-order valence-electron chi connectivity index (χ2n) is 4.03. The van der Waals surface area contributed by atoms with Crippen LogP contribution in [0.3, 0.4) is 0 Å². The highest BCUT2D eigenvalue weighted by molar-refractivity contribution is 7.91. The van der Waals surface area contributed by atoms with Gasteiger partial charge in [0.1, 0.15) is 5.56 Å². The van der Waals surface area contributed by atoms with Crippen LogP contribution in [0.15, 0.2) is 24.5 Å². The fourth-order valence-electron chi connectivity index (χ4n) is 1.77. The Labute approximate surface area is 98.8 Å². The van der Waals surface area contributed by atoms with E-state index in [2.05, 4.69) is 5.32 Å². The van der Waals surface area contributed by atoms with Crippen LogP contribution in [0, 0.1) is 5.21 Å². The number of amides is 1. The van der Waals surface area contributed by atoms with E-state index in [1.165, 1.54) is 18.3 Å². The number of hydrogen-bond acceptors (Lipinski definition) is 4. The molecule has 1 amide bonds. The molecule has 2 heterocycles. The maximum Gasteiger partial charge on any atom is 0.257 e. The predicted molar refractivity (Wildman–Crippen MR) is 59.9 cm³/mol. The molecule has 1 aliphatic heterocycles. The van der Waals surface area contributed by atoms with E-state index in [0.29, 0.717) is 11.2 Å². The van der Waals surface area contributed by atoms with Gasteiger partial charge < -0.3 is 10.5 Å². The van der Waals surface area contributed by atoms with E-state index in [9.17, 15) is 18.4 Å². The van der Waals surface area contributed by atoms with Crippen molar-refractivity contribution in [3.63, 3.8) is 0 Å². The first kappa shape index (κ1) is 11.8. The number of nitrogens with one attached hydrogen (secondary N) is 1. The van der Waals surface area contributed by atoms with Gasteiger partial charge in [-0.1, -0.05) is 0 Å². The molecule has 0 saturated carbocycles. The lowest BCUT2D eigenvalue weighted by Crippen LogP contribution is -2.37. The lowest BCUT2D eigenvalue weighted by Gasteiger charge is -2.10. The largest absolute Gasteiger partial charge is 0.619 e. The molecule has 1 aromatic rings. The van der Waals surface area contributed by atoms with Crippen LogP contribution in [-0.2, 0) is 9.84 Å². The van der Waals surface area contributed by atoms with E-state index in [1.807, 2.05) is 0 Å². The van der Waals surface area contributed by atoms with Crippen LogP contribution in [0.25, 0.3) is 0 Å². The van der Waals surface area contributed by atoms with Crippen molar-refractivity contribution in [2.24, 2.45) is 0 Å². The minimum absolute atomic E-state index is 0.0249. The first-order valence-corrected chi connectivity index (χ1v) is 6.98. The quantitative estimate of drug-likeness (QED) is 0.556. The van der Waals surface area contributed by atoms with Crippen LogP contribution in [0.4, 0.5) is 0 Å². The van der Waals surface area contributed by atoms with E-state index >= 15 is 0 Å². The molecule has 1 aromatic heterocycles. The normalized spacial score (nSPS) is 22.2. The van der Waals surface area contributed by atoms with Gasteiger partial charge in [0.25, 0.3) is 5.91 Å². The van der Waals surface area contributed by atoms with Crippen molar-refractivity contribution in [3.8, 4) is 0 Å². The summed E-state index contributed by atoms with van der Waals surface area (Å²) in [5.74, 6) is -0.339. The molecule has 1 fully saturated rings. The van der Waals surface area contributed by atoms with E-state index in [0.717, 1.165) is 6.20 Å². The summed E-state index contributed by atoms with van der Waals surface area (Å²) in [5.41, 5.74) is 0.229. The number of aromatic nitrogens is 1. The summed E-state index contributed by atoms with van der Waals surface area (Å²) < 4.78 is 22.9. The smallest absolute Gasteiger partial charge is 0.257 e. The number of carbonyl (C=O) groups excluding carboxylic acids is 1. The molecule has 0 bridgehead atoms. The maximum absolute atomic E-state index is 11.7. The molecule has 0 aliphatic carbocycles. The Morgan fingerprint density at radius 2 is 2.29 bits per heavy atom. The monoisotopic (exact) mass is 256 g/mol. The molecule has 92 valence electrons. The summed E-state index contributed by atoms with van der Waals surface area (Å²) in [4.78, 5) is 11.7. The van der Waals surface area contributed by atoms with Crippen molar-refractivity contribution in [1.29, 1.82) is 0 Å². The lowest BCUT2D eigenvalue weighted by molar-refractivity contribution is -0.605. The summed E-state index contributed by atoms with van der Waals surface area (Å²) in [7, 11) is -3.01. The number of carbonyl (C=O) groups is 1. The number of nitrogens with zero attached hydrogens (tertiary/aromatic N) is 1. The van der Waals surface area contributed by atoms with Gasteiger partial charge in [0.05, 0.1) is 11.5 Å². The maximum atomic E-state index is 11.7. The molecular formula is C10H12N2O4S. The van der Waals surface area contributed by atoms with Gasteiger partial charge in [-0.2, -0.15) is 4.73 Å². The van der Waals surface area contributed by atoms with E-state index in [1.54, 1.807) is 0 Å². The predicted octanol–water partition coefficient (Wildman–Crippen LogP) is -0.763. The number of hydrogen-bond donors (Lipinski definition) is 1. The summed E-state index contributed by atoms with van der Waals surface area (Å²) in [5, 5.41) is 13.6. The Morgan fingerprint density at radius 3 is 2.88 bits per heavy atom. The average Bonchev–Trinajstić information content (AvgIpc) is 2.58. The van der Waals surface area contributed by atoms with Crippen LogP contribution < -0.4 is 10.0 Å². The lowest BCUT2D eigenvalue weighted by atomic mass is 10.2. The third-order valence-electron chi connectivity index (χ3n) is 2.60. The fourth-order valence-corrected chi connectivity index (χ4v) is 3.44. The van der Waals surface area contributed by atoms with Crippen LogP contribution >= 0.6 is 0 Å². The molecule has 1 N–H and O–H groups in total. The van der Waals surface area contributed by atoms with Crippen LogP contribution in [0.5, 0.6) is 0 Å². The van der Waals surface area contributed by atoms with Crippen molar-refractivity contribution in [2.45, 2.75) is 12.5 Å². The molecule has 0 spiro atoms. The van der Waals surface area contributed by atoms with Crippen molar-refractivity contribution in [1.82, 2.24) is 5.32 Å². The fraction of sp³-hybridized carbons (Fsp3) is 0.400. The highest BCUT2D eigenvalue weighted by atomic mass is 32.2. The molecular weight excluding hydrogens is 244 g/mol. The zero-order chi connectivity index (χ0) is 12.5. The SMILES string of the molecule is O=C(NC1CCS(=O)(=O)C1)c1ccc[n+]([O-])c1. The highest BCUT2D eigenvalue weighted by Crippen LogP contribution is 2.11. The van der Waals surface area contributed by atoms with Gasteiger partial charge >= 0.3 is 0 Å². The third-order valence-corrected chi connectivity index (χ3v) is 4.37. The third kappa shape index (κ3) is 2.94. The number of rotatable bonds is 2. The topological polar surface area (TPSA) is 90.2 Å². The molecule has 2 rings (SSSR count). The van der Waals surface area contributed by atoms with Crippen molar-refractivity contribution in [3.05, 3.63) is 35.3 Å².